The smallest absolute Gasteiger partial charge is 0.335 e. The lowest BCUT2D eigenvalue weighted by atomic mass is 10.1. The molecule has 4 N–H and O–H groups in total. The molecule has 0 bridgehead atoms. The Kier molecular flexibility index (Phi) is 1.45. The van der Waals surface area contributed by atoms with Crippen molar-refractivity contribution >= 4 is 22.7 Å². The summed E-state index contributed by atoms with van der Waals surface area (Å²) in [6.07, 6.45) is 0. The third kappa shape index (κ3) is 1.10. The second-order valence-corrected chi connectivity index (χ2v) is 2.67. The molecule has 1 aromatic carbocycles. The van der Waals surface area contributed by atoms with Gasteiger partial charge in [-0.2, -0.15) is 5.10 Å². The molecule has 0 amide bonds. The molecule has 0 aliphatic heterocycles. The topological polar surface area (TPSA) is 92.0 Å². The maximum absolute atomic E-state index is 10.6. The highest BCUT2D eigenvalue weighted by molar-refractivity contribution is 5.96. The molecule has 0 aliphatic rings. The first-order valence-electron chi connectivity index (χ1n) is 3.65. The van der Waals surface area contributed by atoms with E-state index < -0.39 is 5.97 Å². The number of hydrogen-bond acceptors (Lipinski definition) is 3. The zero-order valence-corrected chi connectivity index (χ0v) is 6.61. The fourth-order valence-electron chi connectivity index (χ4n) is 1.17. The Morgan fingerprint density at radius 2 is 2.31 bits per heavy atom. The molecule has 2 aromatic rings. The van der Waals surface area contributed by atoms with Crippen LogP contribution in [0.2, 0.25) is 0 Å². The molecule has 0 atom stereocenters. The predicted molar refractivity (Wildman–Crippen MR) is 47.5 cm³/mol. The van der Waals surface area contributed by atoms with Gasteiger partial charge in [0.1, 0.15) is 0 Å². The number of carboxylic acids is 1. The molecule has 66 valence electrons. The molecular formula is C8H7N3O2. The summed E-state index contributed by atoms with van der Waals surface area (Å²) in [6, 6.07) is 4.64. The number of H-pyrrole nitrogens is 1. The highest BCUT2D eigenvalue weighted by atomic mass is 16.4. The average Bonchev–Trinajstić information content (AvgIpc) is 2.47. The van der Waals surface area contributed by atoms with Crippen LogP contribution in [0.5, 0.6) is 0 Å². The van der Waals surface area contributed by atoms with Crippen molar-refractivity contribution in [2.45, 2.75) is 0 Å². The second-order valence-electron chi connectivity index (χ2n) is 2.67. The highest BCUT2D eigenvalue weighted by Crippen LogP contribution is 2.18. The van der Waals surface area contributed by atoms with Crippen LogP contribution < -0.4 is 5.73 Å². The van der Waals surface area contributed by atoms with Gasteiger partial charge in [0.25, 0.3) is 0 Å². The second kappa shape index (κ2) is 2.48. The van der Waals surface area contributed by atoms with Crippen molar-refractivity contribution < 1.29 is 9.90 Å². The van der Waals surface area contributed by atoms with Gasteiger partial charge in [-0.15, -0.1) is 0 Å². The lowest BCUT2D eigenvalue weighted by molar-refractivity contribution is 0.0697. The van der Waals surface area contributed by atoms with Crippen molar-refractivity contribution in [3.05, 3.63) is 23.8 Å². The minimum absolute atomic E-state index is 0.209. The van der Waals surface area contributed by atoms with Crippen LogP contribution in [0.3, 0.4) is 0 Å². The predicted octanol–water partition coefficient (Wildman–Crippen LogP) is 0.843. The molecule has 0 radical (unpaired) electrons. The van der Waals surface area contributed by atoms with E-state index in [1.807, 2.05) is 0 Å². The van der Waals surface area contributed by atoms with Crippen LogP contribution in [0.25, 0.3) is 10.9 Å². The number of hydrogen-bond donors (Lipinski definition) is 3. The quantitative estimate of drug-likeness (QED) is 0.601. The Balaban J connectivity index is 2.72. The lowest BCUT2D eigenvalue weighted by Gasteiger charge is -1.93. The summed E-state index contributed by atoms with van der Waals surface area (Å²) < 4.78 is 0. The number of nitrogens with one attached hydrogen (secondary N) is 1. The Morgan fingerprint density at radius 1 is 1.54 bits per heavy atom. The number of carboxylic acid groups (broad SMARTS) is 1. The summed E-state index contributed by atoms with van der Waals surface area (Å²) in [4.78, 5) is 10.6. The van der Waals surface area contributed by atoms with Gasteiger partial charge < -0.3 is 10.8 Å². The molecule has 5 nitrogen and oxygen atoms in total. The van der Waals surface area contributed by atoms with Gasteiger partial charge in [-0.1, -0.05) is 0 Å². The van der Waals surface area contributed by atoms with Gasteiger partial charge in [0.15, 0.2) is 5.82 Å². The summed E-state index contributed by atoms with van der Waals surface area (Å²) in [5.41, 5.74) is 6.46. The summed E-state index contributed by atoms with van der Waals surface area (Å²) in [7, 11) is 0. The number of aromatic nitrogens is 2. The van der Waals surface area contributed by atoms with Crippen molar-refractivity contribution in [1.82, 2.24) is 10.2 Å². The van der Waals surface area contributed by atoms with Crippen molar-refractivity contribution in [1.29, 1.82) is 0 Å². The van der Waals surface area contributed by atoms with Crippen LogP contribution in [0.4, 0.5) is 5.82 Å². The number of nitrogens with zero attached hydrogens (tertiary/aromatic N) is 1. The Hall–Kier alpha value is -2.04. The van der Waals surface area contributed by atoms with Crippen molar-refractivity contribution in [3.63, 3.8) is 0 Å². The molecule has 0 unspecified atom stereocenters. The van der Waals surface area contributed by atoms with Crippen LogP contribution in [0.15, 0.2) is 18.2 Å². The Bertz CT molecular complexity index is 475. The Morgan fingerprint density at radius 3 is 3.00 bits per heavy atom. The van der Waals surface area contributed by atoms with Crippen LogP contribution in [-0.4, -0.2) is 21.3 Å². The van der Waals surface area contributed by atoms with E-state index in [2.05, 4.69) is 10.2 Å². The number of anilines is 1. The first kappa shape index (κ1) is 7.60. The SMILES string of the molecule is Nc1n[nH]c2ccc(C(=O)O)cc12. The number of fused-ring (bicyclic) bond motifs is 1. The number of carbonyl (C=O) groups is 1. The largest absolute Gasteiger partial charge is 0.478 e. The van der Waals surface area contributed by atoms with Gasteiger partial charge >= 0.3 is 5.97 Å². The lowest BCUT2D eigenvalue weighted by Crippen LogP contribution is -1.95. The molecule has 1 heterocycles. The fourth-order valence-corrected chi connectivity index (χ4v) is 1.17. The van der Waals surface area contributed by atoms with E-state index in [0.717, 1.165) is 5.52 Å². The molecule has 2 rings (SSSR count). The van der Waals surface area contributed by atoms with Gasteiger partial charge in [0, 0.05) is 5.39 Å². The summed E-state index contributed by atoms with van der Waals surface area (Å²) in [5.74, 6) is -0.652. The average molecular weight is 177 g/mol. The zero-order valence-electron chi connectivity index (χ0n) is 6.61. The standard InChI is InChI=1S/C8H7N3O2/c9-7-5-3-4(8(12)13)1-2-6(5)10-11-7/h1-3H,(H,12,13)(H3,9,10,11). The van der Waals surface area contributed by atoms with Gasteiger partial charge in [-0.05, 0) is 18.2 Å². The van der Waals surface area contributed by atoms with Crippen molar-refractivity contribution in [2.24, 2.45) is 0 Å². The minimum Gasteiger partial charge on any atom is -0.478 e. The van der Waals surface area contributed by atoms with Crippen molar-refractivity contribution in [3.8, 4) is 0 Å². The number of aromatic amines is 1. The number of aromatic carboxylic acids is 1. The molecule has 1 aromatic heterocycles. The van der Waals surface area contributed by atoms with Crippen molar-refractivity contribution in [2.75, 3.05) is 5.73 Å². The van der Waals surface area contributed by atoms with Crippen LogP contribution in [0, 0.1) is 0 Å². The fraction of sp³-hybridized carbons (Fsp3) is 0. The first-order chi connectivity index (χ1) is 6.18. The van der Waals surface area contributed by atoms with Gasteiger partial charge in [-0.25, -0.2) is 4.79 Å². The maximum atomic E-state index is 10.6. The third-order valence-corrected chi connectivity index (χ3v) is 1.84. The van der Waals surface area contributed by atoms with E-state index in [-0.39, 0.29) is 5.56 Å². The molecule has 0 aliphatic carbocycles. The van der Waals surface area contributed by atoms with Crippen LogP contribution in [-0.2, 0) is 0 Å². The molecule has 13 heavy (non-hydrogen) atoms. The van der Waals surface area contributed by atoms with E-state index in [9.17, 15) is 4.79 Å². The zero-order chi connectivity index (χ0) is 9.42. The number of nitrogens with two attached hydrogens (primary N) is 1. The Labute approximate surface area is 73.2 Å². The van der Waals surface area contributed by atoms with E-state index in [4.69, 9.17) is 10.8 Å². The maximum Gasteiger partial charge on any atom is 0.335 e. The van der Waals surface area contributed by atoms with E-state index in [1.54, 1.807) is 6.07 Å². The number of benzene rings is 1. The van der Waals surface area contributed by atoms with Gasteiger partial charge in [0.05, 0.1) is 11.1 Å². The third-order valence-electron chi connectivity index (χ3n) is 1.84. The monoisotopic (exact) mass is 177 g/mol. The number of nitrogen functional groups attached to an aromatic ring is 1. The van der Waals surface area contributed by atoms with Gasteiger partial charge in [0.2, 0.25) is 0 Å². The minimum atomic E-state index is -0.970. The van der Waals surface area contributed by atoms with Crippen LogP contribution in [0.1, 0.15) is 10.4 Å². The first-order valence-corrected chi connectivity index (χ1v) is 3.65. The van der Waals surface area contributed by atoms with E-state index >= 15 is 0 Å². The highest BCUT2D eigenvalue weighted by Gasteiger charge is 2.06. The molecule has 5 heteroatoms. The molecule has 0 fully saturated rings. The molecule has 0 saturated carbocycles. The molecular weight excluding hydrogens is 170 g/mol. The number of rotatable bonds is 1. The van der Waals surface area contributed by atoms with E-state index in [0.29, 0.717) is 11.2 Å². The summed E-state index contributed by atoms with van der Waals surface area (Å²) in [5, 5.41) is 15.8. The van der Waals surface area contributed by atoms with Crippen LogP contribution >= 0.6 is 0 Å². The van der Waals surface area contributed by atoms with Gasteiger partial charge in [-0.3, -0.25) is 5.10 Å². The summed E-state index contributed by atoms with van der Waals surface area (Å²) >= 11 is 0. The molecule has 0 saturated heterocycles. The molecule has 0 spiro atoms. The normalized spacial score (nSPS) is 10.5. The summed E-state index contributed by atoms with van der Waals surface area (Å²) in [6.45, 7) is 0. The van der Waals surface area contributed by atoms with E-state index in [1.165, 1.54) is 12.1 Å².